The first-order valence-electron chi connectivity index (χ1n) is 18.4. The van der Waals surface area contributed by atoms with Gasteiger partial charge in [-0.25, -0.2) is 0 Å². The van der Waals surface area contributed by atoms with E-state index in [1.165, 1.54) is 0 Å². The molecule has 1 saturated heterocycles. The summed E-state index contributed by atoms with van der Waals surface area (Å²) in [6.07, 6.45) is 14.4. The number of hydrogen-bond acceptors (Lipinski definition) is 7. The molecule has 0 bridgehead atoms. The van der Waals surface area contributed by atoms with E-state index >= 15 is 0 Å². The van der Waals surface area contributed by atoms with E-state index in [1.807, 2.05) is 26.8 Å². The van der Waals surface area contributed by atoms with Gasteiger partial charge in [-0.2, -0.15) is 0 Å². The van der Waals surface area contributed by atoms with Gasteiger partial charge in [0.25, 0.3) is 0 Å². The molecule has 9 heteroatoms. The molecule has 1 aliphatic heterocycles. The fourth-order valence-corrected chi connectivity index (χ4v) is 10.4. The normalized spacial score (nSPS) is 23.9. The molecule has 0 spiro atoms. The Bertz CT molecular complexity index is 1490. The minimum absolute atomic E-state index is 0.0132. The molecule has 0 N–H and O–H groups in total. The number of terminal acetylenes is 1. The largest absolute Gasteiger partial charge is 0.468 e. The van der Waals surface area contributed by atoms with Crippen molar-refractivity contribution >= 4 is 39.8 Å². The standard InChI is InChI=1S/C41H57NO7S/c1-8-10-16-28(37(46)33(44)18-11-9-2)22-34(45)36-35-32(40(35,6)7)25-42(36)38(47)31(39(3,4)5)23-29(43)24-41(19-13-12-14-20-41)27-50(48)26-30-17-15-21-49-30/h1,9,15,17,21,28,31-32,35-36H,2,10-14,16,18-20,22-27H2,3-7H3/t28?,31-,32?,35+,36-,50?/m1/s1. The highest BCUT2D eigenvalue weighted by molar-refractivity contribution is 7.84. The lowest BCUT2D eigenvalue weighted by molar-refractivity contribution is -0.148. The summed E-state index contributed by atoms with van der Waals surface area (Å²) in [7, 11) is -1.19. The van der Waals surface area contributed by atoms with Crippen molar-refractivity contribution < 1.29 is 32.6 Å². The second-order valence-corrected chi connectivity index (χ2v) is 18.3. The molecule has 274 valence electrons. The van der Waals surface area contributed by atoms with Gasteiger partial charge in [0, 0.05) is 67.0 Å². The van der Waals surface area contributed by atoms with Crippen LogP contribution in [0.5, 0.6) is 0 Å². The van der Waals surface area contributed by atoms with E-state index in [0.29, 0.717) is 30.2 Å². The van der Waals surface area contributed by atoms with Crippen LogP contribution in [0.25, 0.3) is 0 Å². The zero-order chi connectivity index (χ0) is 36.9. The Morgan fingerprint density at radius 2 is 1.84 bits per heavy atom. The third-order valence-electron chi connectivity index (χ3n) is 11.7. The predicted molar refractivity (Wildman–Crippen MR) is 195 cm³/mol. The zero-order valence-corrected chi connectivity index (χ0v) is 31.6. The number of furan rings is 1. The summed E-state index contributed by atoms with van der Waals surface area (Å²) < 4.78 is 18.7. The molecule has 3 aliphatic rings. The van der Waals surface area contributed by atoms with Gasteiger partial charge in [-0.15, -0.1) is 18.9 Å². The number of piperidine rings is 1. The number of amides is 1. The summed E-state index contributed by atoms with van der Waals surface area (Å²) >= 11 is 0. The maximum atomic E-state index is 14.6. The maximum Gasteiger partial charge on any atom is 0.227 e. The average Bonchev–Trinajstić information content (AvgIpc) is 3.46. The van der Waals surface area contributed by atoms with Crippen LogP contribution < -0.4 is 0 Å². The summed E-state index contributed by atoms with van der Waals surface area (Å²) in [5.41, 5.74) is -1.08. The first-order valence-corrected chi connectivity index (χ1v) is 19.9. The highest BCUT2D eigenvalue weighted by atomic mass is 32.2. The number of carbonyl (C=O) groups is 5. The maximum absolute atomic E-state index is 14.6. The van der Waals surface area contributed by atoms with Crippen LogP contribution in [0.1, 0.15) is 117 Å². The average molecular weight is 708 g/mol. The van der Waals surface area contributed by atoms with Crippen LogP contribution in [0.4, 0.5) is 0 Å². The Balaban J connectivity index is 1.52. The molecule has 0 aromatic carbocycles. The number of fused-ring (bicyclic) bond motifs is 1. The lowest BCUT2D eigenvalue weighted by Gasteiger charge is -2.39. The number of likely N-dealkylation sites (tertiary alicyclic amines) is 1. The minimum atomic E-state index is -1.19. The Labute approximate surface area is 301 Å². The van der Waals surface area contributed by atoms with Crippen LogP contribution in [-0.2, 0) is 40.5 Å². The first-order chi connectivity index (χ1) is 23.5. The summed E-state index contributed by atoms with van der Waals surface area (Å²) in [6, 6.07) is 2.88. The zero-order valence-electron chi connectivity index (χ0n) is 30.8. The van der Waals surface area contributed by atoms with E-state index in [9.17, 15) is 28.2 Å². The topological polar surface area (TPSA) is 119 Å². The number of rotatable bonds is 19. The molecule has 1 aromatic heterocycles. The monoisotopic (exact) mass is 707 g/mol. The molecular formula is C41H57NO7S. The van der Waals surface area contributed by atoms with Gasteiger partial charge in [-0.1, -0.05) is 60.0 Å². The first kappa shape index (κ1) is 39.7. The molecule has 4 rings (SSSR count). The van der Waals surface area contributed by atoms with Crippen molar-refractivity contribution in [2.75, 3.05) is 12.3 Å². The quantitative estimate of drug-likeness (QED) is 0.0858. The molecule has 0 radical (unpaired) electrons. The lowest BCUT2D eigenvalue weighted by atomic mass is 9.70. The Hall–Kier alpha value is -3.12. The van der Waals surface area contributed by atoms with Crippen molar-refractivity contribution in [3.63, 3.8) is 0 Å². The molecule has 50 heavy (non-hydrogen) atoms. The van der Waals surface area contributed by atoms with Crippen molar-refractivity contribution in [3.8, 4) is 12.3 Å². The Kier molecular flexibility index (Phi) is 13.1. The number of allylic oxidation sites excluding steroid dienone is 1. The minimum Gasteiger partial charge on any atom is -0.468 e. The molecular weight excluding hydrogens is 651 g/mol. The van der Waals surface area contributed by atoms with Gasteiger partial charge < -0.3 is 9.32 Å². The second-order valence-electron chi connectivity index (χ2n) is 16.8. The molecule has 1 aromatic rings. The SMILES string of the molecule is C#CCCC(CC(=O)[C@@H]1[C@@H]2C(CN1C(=O)[C@@H](CC(=O)CC1(CS(=O)Cc3ccco3)CCCCC1)C(C)(C)C)C2(C)C)C(=O)C(=O)CCC=C. The van der Waals surface area contributed by atoms with E-state index in [-0.39, 0.29) is 78.7 Å². The molecule has 3 unspecified atom stereocenters. The van der Waals surface area contributed by atoms with Crippen molar-refractivity contribution in [1.82, 2.24) is 4.90 Å². The van der Waals surface area contributed by atoms with Crippen LogP contribution in [-0.4, -0.2) is 56.5 Å². The molecule has 8 nitrogen and oxygen atoms in total. The number of carbonyl (C=O) groups excluding carboxylic acids is 5. The third-order valence-corrected chi connectivity index (χ3v) is 13.3. The molecule has 1 amide bonds. The molecule has 2 aliphatic carbocycles. The van der Waals surface area contributed by atoms with E-state index in [0.717, 1.165) is 32.1 Å². The van der Waals surface area contributed by atoms with Crippen molar-refractivity contribution in [1.29, 1.82) is 0 Å². The van der Waals surface area contributed by atoms with E-state index in [4.69, 9.17) is 10.8 Å². The summed E-state index contributed by atoms with van der Waals surface area (Å²) in [5, 5.41) is 0. The van der Waals surface area contributed by atoms with Crippen LogP contribution in [0.15, 0.2) is 35.5 Å². The van der Waals surface area contributed by atoms with E-state index < -0.39 is 45.7 Å². The highest BCUT2D eigenvalue weighted by Gasteiger charge is 2.69. The van der Waals surface area contributed by atoms with Crippen LogP contribution in [0.3, 0.4) is 0 Å². The van der Waals surface area contributed by atoms with Crippen LogP contribution in [0, 0.1) is 52.3 Å². The van der Waals surface area contributed by atoms with Crippen LogP contribution in [0.2, 0.25) is 0 Å². The van der Waals surface area contributed by atoms with Gasteiger partial charge in [-0.05, 0) is 65.9 Å². The lowest BCUT2D eigenvalue weighted by Crippen LogP contribution is -2.51. The smallest absolute Gasteiger partial charge is 0.227 e. The molecule has 3 fully saturated rings. The Morgan fingerprint density at radius 1 is 1.14 bits per heavy atom. The third kappa shape index (κ3) is 9.40. The fourth-order valence-electron chi connectivity index (χ4n) is 8.72. The fraction of sp³-hybridized carbons (Fsp3) is 0.683. The summed E-state index contributed by atoms with van der Waals surface area (Å²) in [6.45, 7) is 14.1. The second kappa shape index (κ2) is 16.5. The number of Topliss-reactive ketones (excluding diaryl/α,β-unsaturated/α-hetero) is 4. The van der Waals surface area contributed by atoms with Crippen molar-refractivity contribution in [3.05, 3.63) is 36.8 Å². The molecule has 6 atom stereocenters. The number of nitrogens with zero attached hydrogens (tertiary/aromatic N) is 1. The summed E-state index contributed by atoms with van der Waals surface area (Å²) in [4.78, 5) is 70.3. The van der Waals surface area contributed by atoms with Crippen molar-refractivity contribution in [2.45, 2.75) is 123 Å². The summed E-state index contributed by atoms with van der Waals surface area (Å²) in [5.74, 6) is 0.971. The predicted octanol–water partition coefficient (Wildman–Crippen LogP) is 7.07. The van der Waals surface area contributed by atoms with Gasteiger partial charge in [0.15, 0.2) is 11.6 Å². The number of ketones is 4. The van der Waals surface area contributed by atoms with E-state index in [2.05, 4.69) is 26.3 Å². The van der Waals surface area contributed by atoms with Gasteiger partial charge in [0.05, 0.1) is 18.1 Å². The molecule has 2 heterocycles. The van der Waals surface area contributed by atoms with E-state index in [1.54, 1.807) is 23.3 Å². The van der Waals surface area contributed by atoms with Gasteiger partial charge >= 0.3 is 0 Å². The van der Waals surface area contributed by atoms with Gasteiger partial charge in [0.1, 0.15) is 11.5 Å². The Morgan fingerprint density at radius 3 is 2.44 bits per heavy atom. The van der Waals surface area contributed by atoms with Gasteiger partial charge in [0.2, 0.25) is 11.7 Å². The van der Waals surface area contributed by atoms with Crippen LogP contribution >= 0.6 is 0 Å². The number of hydrogen-bond donors (Lipinski definition) is 0. The highest BCUT2D eigenvalue weighted by Crippen LogP contribution is 2.65. The van der Waals surface area contributed by atoms with Gasteiger partial charge in [-0.3, -0.25) is 28.2 Å². The van der Waals surface area contributed by atoms with Crippen molar-refractivity contribution in [2.24, 2.45) is 39.9 Å². The molecule has 2 saturated carbocycles.